The molecule has 1 heteroatoms. The van der Waals surface area contributed by atoms with E-state index in [1.165, 1.54) is 139 Å². The summed E-state index contributed by atoms with van der Waals surface area (Å²) in [6.07, 6.45) is 8.57. The van der Waals surface area contributed by atoms with Crippen molar-refractivity contribution in [2.24, 2.45) is 17.8 Å². The summed E-state index contributed by atoms with van der Waals surface area (Å²) in [6, 6.07) is 68.7. The maximum Gasteiger partial charge on any atom is 0.0726 e. The number of anilines is 3. The smallest absolute Gasteiger partial charge is 0.0726 e. The summed E-state index contributed by atoms with van der Waals surface area (Å²) in [5.41, 5.74) is 25.2. The molecular weight excluding hydrogens is 807 g/mol. The predicted molar refractivity (Wildman–Crippen MR) is 279 cm³/mol. The Morgan fingerprint density at radius 1 is 0.418 bits per heavy atom. The second-order valence-electron chi connectivity index (χ2n) is 23.1. The molecule has 7 aliphatic carbocycles. The molecule has 0 N–H and O–H groups in total. The first-order chi connectivity index (χ1) is 32.5. The van der Waals surface area contributed by atoms with Crippen LogP contribution in [0, 0.1) is 17.8 Å². The summed E-state index contributed by atoms with van der Waals surface area (Å²) < 4.78 is 0. The van der Waals surface area contributed by atoms with Crippen molar-refractivity contribution in [3.63, 3.8) is 0 Å². The monoisotopic (exact) mass is 865 g/mol. The van der Waals surface area contributed by atoms with Crippen molar-refractivity contribution in [2.75, 3.05) is 4.90 Å². The fourth-order valence-corrected chi connectivity index (χ4v) is 15.4. The minimum atomic E-state index is -0.464. The topological polar surface area (TPSA) is 3.24 Å². The highest BCUT2D eigenvalue weighted by molar-refractivity contribution is 5.98. The number of hydrogen-bond donors (Lipinski definition) is 0. The van der Waals surface area contributed by atoms with Crippen molar-refractivity contribution < 1.29 is 0 Å². The summed E-state index contributed by atoms with van der Waals surface area (Å²) in [6.45, 7) is 11.8. The molecule has 0 aliphatic heterocycles. The van der Waals surface area contributed by atoms with Crippen molar-refractivity contribution in [2.45, 2.75) is 94.8 Å². The Labute approximate surface area is 397 Å². The SMILES string of the molecule is CC(C)(C)c1ccc2c(c1)C1(c3ccccc3-c3ccc(N(c4ccc5c(c4)-c4ccccc4C5(C)C)c4ccccc4-c4ccc(C56CC7CC(CC(C7)C5)C6)cc4)cc31)c1ccccc1-2. The predicted octanol–water partition coefficient (Wildman–Crippen LogP) is 17.2. The van der Waals surface area contributed by atoms with Crippen LogP contribution in [0.1, 0.15) is 118 Å². The highest BCUT2D eigenvalue weighted by Crippen LogP contribution is 2.65. The summed E-state index contributed by atoms with van der Waals surface area (Å²) in [4.78, 5) is 2.58. The minimum absolute atomic E-state index is 0.00248. The van der Waals surface area contributed by atoms with Gasteiger partial charge in [0.25, 0.3) is 0 Å². The van der Waals surface area contributed by atoms with Gasteiger partial charge in [-0.3, -0.25) is 0 Å². The molecule has 7 aliphatic rings. The molecule has 1 unspecified atom stereocenters. The number of hydrogen-bond acceptors (Lipinski definition) is 1. The van der Waals surface area contributed by atoms with E-state index in [1.807, 2.05) is 0 Å². The van der Waals surface area contributed by atoms with Crippen molar-refractivity contribution >= 4 is 17.1 Å². The van der Waals surface area contributed by atoms with Gasteiger partial charge in [0, 0.05) is 22.4 Å². The number of nitrogens with zero attached hydrogens (tertiary/aromatic N) is 1. The van der Waals surface area contributed by atoms with Gasteiger partial charge in [0.2, 0.25) is 0 Å². The van der Waals surface area contributed by atoms with Gasteiger partial charge in [0.1, 0.15) is 0 Å². The molecule has 8 aromatic rings. The van der Waals surface area contributed by atoms with Crippen LogP contribution >= 0.6 is 0 Å². The van der Waals surface area contributed by atoms with Gasteiger partial charge >= 0.3 is 0 Å². The zero-order valence-corrected chi connectivity index (χ0v) is 39.7. The van der Waals surface area contributed by atoms with Gasteiger partial charge in [0.15, 0.2) is 0 Å². The van der Waals surface area contributed by atoms with Gasteiger partial charge in [0.05, 0.1) is 11.1 Å². The van der Waals surface area contributed by atoms with Crippen LogP contribution in [-0.4, -0.2) is 0 Å². The van der Waals surface area contributed by atoms with Crippen LogP contribution in [0.15, 0.2) is 176 Å². The molecular formula is C66H59N. The Morgan fingerprint density at radius 2 is 0.896 bits per heavy atom. The lowest BCUT2D eigenvalue weighted by atomic mass is 9.48. The Hall–Kier alpha value is -6.44. The standard InChI is InChI=1S/C66H59N/c1-63(2,3)46-26-29-53-50-15-7-11-19-58(50)66(60(53)35-46)59-20-12-8-16-51(59)54-30-27-48(37-61(54)66)67(47-28-31-57-55(36-47)52-17-6-10-18-56(52)64(57,4)5)62-21-13-9-14-49(62)44-22-24-45(25-23-44)65-38-41-32-42(39-65)34-43(33-41)40-65/h6-31,35-37,41-43H,32-34,38-40H2,1-5H3. The van der Waals surface area contributed by atoms with E-state index >= 15 is 0 Å². The first-order valence-electron chi connectivity index (χ1n) is 25.3. The lowest BCUT2D eigenvalue weighted by molar-refractivity contribution is -0.00518. The normalized spacial score (nSPS) is 23.9. The summed E-state index contributed by atoms with van der Waals surface area (Å²) in [5, 5.41) is 0. The van der Waals surface area contributed by atoms with Crippen LogP contribution < -0.4 is 4.90 Å². The molecule has 4 bridgehead atoms. The van der Waals surface area contributed by atoms with Gasteiger partial charge in [-0.05, 0) is 181 Å². The molecule has 4 fully saturated rings. The Balaban J connectivity index is 0.987. The third-order valence-corrected chi connectivity index (χ3v) is 18.0. The van der Waals surface area contributed by atoms with E-state index in [0.29, 0.717) is 5.41 Å². The highest BCUT2D eigenvalue weighted by Gasteiger charge is 2.53. The van der Waals surface area contributed by atoms with E-state index in [2.05, 4.69) is 215 Å². The van der Waals surface area contributed by atoms with Crippen LogP contribution in [0.3, 0.4) is 0 Å². The lowest BCUT2D eigenvalue weighted by Crippen LogP contribution is -2.48. The third kappa shape index (κ3) is 5.49. The molecule has 15 rings (SSSR count). The van der Waals surface area contributed by atoms with Crippen LogP contribution in [0.4, 0.5) is 17.1 Å². The van der Waals surface area contributed by atoms with Crippen LogP contribution in [-0.2, 0) is 21.7 Å². The van der Waals surface area contributed by atoms with Crippen molar-refractivity contribution in [3.8, 4) is 44.5 Å². The molecule has 328 valence electrons. The number of rotatable bonds is 5. The quantitative estimate of drug-likeness (QED) is 0.167. The fraction of sp³-hybridized carbons (Fsp3) is 0.273. The Morgan fingerprint density at radius 3 is 1.52 bits per heavy atom. The summed E-state index contributed by atoms with van der Waals surface area (Å²) in [7, 11) is 0. The van der Waals surface area contributed by atoms with Gasteiger partial charge in [-0.1, -0.05) is 180 Å². The van der Waals surface area contributed by atoms with E-state index < -0.39 is 5.41 Å². The molecule has 0 amide bonds. The second kappa shape index (κ2) is 13.8. The van der Waals surface area contributed by atoms with E-state index in [4.69, 9.17) is 0 Å². The van der Waals surface area contributed by atoms with Gasteiger partial charge in [-0.2, -0.15) is 0 Å². The highest BCUT2D eigenvalue weighted by atomic mass is 15.1. The molecule has 0 heterocycles. The maximum atomic E-state index is 2.58. The molecule has 0 saturated heterocycles. The second-order valence-corrected chi connectivity index (χ2v) is 23.1. The first kappa shape index (κ1) is 39.7. The molecule has 1 spiro atoms. The van der Waals surface area contributed by atoms with E-state index in [1.54, 1.807) is 5.56 Å². The van der Waals surface area contributed by atoms with Crippen LogP contribution in [0.5, 0.6) is 0 Å². The summed E-state index contributed by atoms with van der Waals surface area (Å²) >= 11 is 0. The average Bonchev–Trinajstić information content (AvgIpc) is 3.89. The van der Waals surface area contributed by atoms with Crippen LogP contribution in [0.25, 0.3) is 44.5 Å². The van der Waals surface area contributed by atoms with Gasteiger partial charge < -0.3 is 4.90 Å². The molecule has 0 aromatic heterocycles. The average molecular weight is 866 g/mol. The number of para-hydroxylation sites is 1. The maximum absolute atomic E-state index is 2.58. The number of benzene rings is 8. The largest absolute Gasteiger partial charge is 0.310 e. The van der Waals surface area contributed by atoms with E-state index in [-0.39, 0.29) is 10.8 Å². The van der Waals surface area contributed by atoms with Gasteiger partial charge in [-0.15, -0.1) is 0 Å². The molecule has 8 aromatic carbocycles. The Bertz CT molecular complexity index is 3310. The third-order valence-electron chi connectivity index (χ3n) is 18.0. The minimum Gasteiger partial charge on any atom is -0.310 e. The zero-order chi connectivity index (χ0) is 45.0. The molecule has 4 saturated carbocycles. The van der Waals surface area contributed by atoms with Crippen molar-refractivity contribution in [1.82, 2.24) is 0 Å². The molecule has 1 atom stereocenters. The van der Waals surface area contributed by atoms with Gasteiger partial charge in [-0.25, -0.2) is 0 Å². The fourth-order valence-electron chi connectivity index (χ4n) is 15.4. The zero-order valence-electron chi connectivity index (χ0n) is 39.7. The van der Waals surface area contributed by atoms with Crippen molar-refractivity contribution in [1.29, 1.82) is 0 Å². The van der Waals surface area contributed by atoms with Crippen molar-refractivity contribution in [3.05, 3.63) is 220 Å². The number of fused-ring (bicyclic) bond motifs is 13. The first-order valence-corrected chi connectivity index (χ1v) is 25.3. The molecule has 0 radical (unpaired) electrons. The lowest BCUT2D eigenvalue weighted by Gasteiger charge is -2.57. The summed E-state index contributed by atoms with van der Waals surface area (Å²) in [5.74, 6) is 2.78. The Kier molecular flexibility index (Phi) is 8.19. The van der Waals surface area contributed by atoms with E-state index in [0.717, 1.165) is 17.8 Å². The van der Waals surface area contributed by atoms with E-state index in [9.17, 15) is 0 Å². The molecule has 67 heavy (non-hydrogen) atoms. The van der Waals surface area contributed by atoms with Crippen LogP contribution in [0.2, 0.25) is 0 Å². The molecule has 1 nitrogen and oxygen atoms in total.